The molecule has 1 N–H and O–H groups in total. The van der Waals surface area contributed by atoms with Gasteiger partial charge in [-0.25, -0.2) is 0 Å². The third-order valence-electron chi connectivity index (χ3n) is 3.46. The molecule has 0 aliphatic rings. The molecule has 1 rings (SSSR count). The number of hydrogen-bond acceptors (Lipinski definition) is 2. The molecule has 0 saturated carbocycles. The summed E-state index contributed by atoms with van der Waals surface area (Å²) in [5, 5.41) is 8.00. The molecule has 0 aromatic carbocycles. The van der Waals surface area contributed by atoms with Crippen LogP contribution in [0.25, 0.3) is 0 Å². The molecule has 0 fully saturated rings. The summed E-state index contributed by atoms with van der Waals surface area (Å²) in [6, 6.07) is 2.16. The predicted octanol–water partition coefficient (Wildman–Crippen LogP) is 3.42. The highest BCUT2D eigenvalue weighted by Gasteiger charge is 2.19. The molecule has 1 aromatic rings. The Morgan fingerprint density at radius 2 is 2.00 bits per heavy atom. The van der Waals surface area contributed by atoms with E-state index < -0.39 is 0 Å². The van der Waals surface area contributed by atoms with Crippen molar-refractivity contribution in [3.63, 3.8) is 0 Å². The molecule has 104 valence electrons. The first-order valence-electron chi connectivity index (χ1n) is 7.12. The molecule has 18 heavy (non-hydrogen) atoms. The zero-order valence-corrected chi connectivity index (χ0v) is 12.8. The Morgan fingerprint density at radius 3 is 2.56 bits per heavy atom. The average molecular weight is 251 g/mol. The Morgan fingerprint density at radius 1 is 1.33 bits per heavy atom. The van der Waals surface area contributed by atoms with Gasteiger partial charge in [-0.3, -0.25) is 4.68 Å². The second kappa shape index (κ2) is 6.37. The maximum Gasteiger partial charge on any atom is 0.0492 e. The first-order chi connectivity index (χ1) is 8.35. The highest BCUT2D eigenvalue weighted by Crippen LogP contribution is 2.24. The molecule has 0 aliphatic heterocycles. The van der Waals surface area contributed by atoms with Crippen molar-refractivity contribution < 1.29 is 0 Å². The Balaban J connectivity index is 2.62. The van der Waals surface area contributed by atoms with Crippen molar-refractivity contribution in [2.24, 2.45) is 5.92 Å². The van der Waals surface area contributed by atoms with Crippen LogP contribution in [-0.4, -0.2) is 21.9 Å². The maximum atomic E-state index is 4.41. The quantitative estimate of drug-likeness (QED) is 0.839. The molecule has 3 heteroatoms. The molecule has 0 saturated heterocycles. The molecule has 0 spiro atoms. The van der Waals surface area contributed by atoms with Gasteiger partial charge in [-0.2, -0.15) is 5.10 Å². The predicted molar refractivity (Wildman–Crippen MR) is 77.9 cm³/mol. The summed E-state index contributed by atoms with van der Waals surface area (Å²) in [5.74, 6) is 1.14. The number of aromatic nitrogens is 2. The summed E-state index contributed by atoms with van der Waals surface area (Å²) in [4.78, 5) is 0. The summed E-state index contributed by atoms with van der Waals surface area (Å²) in [7, 11) is 0. The van der Waals surface area contributed by atoms with Crippen LogP contribution in [0.3, 0.4) is 0 Å². The lowest BCUT2D eigenvalue weighted by Crippen LogP contribution is -2.39. The van der Waals surface area contributed by atoms with Gasteiger partial charge >= 0.3 is 0 Å². The molecular weight excluding hydrogens is 222 g/mol. The molecule has 0 radical (unpaired) electrons. The van der Waals surface area contributed by atoms with Crippen molar-refractivity contribution >= 4 is 0 Å². The molecule has 1 aromatic heterocycles. The van der Waals surface area contributed by atoms with Crippen LogP contribution in [0.4, 0.5) is 0 Å². The SMILES string of the molecule is CCCn1nccc1C(C)C(C)CNC(C)(C)C. The minimum absolute atomic E-state index is 0.192. The van der Waals surface area contributed by atoms with E-state index in [2.05, 4.69) is 62.7 Å². The third kappa shape index (κ3) is 4.45. The Bertz CT molecular complexity index is 349. The van der Waals surface area contributed by atoms with E-state index in [0.717, 1.165) is 19.5 Å². The number of aryl methyl sites for hydroxylation is 1. The molecule has 0 bridgehead atoms. The van der Waals surface area contributed by atoms with E-state index in [4.69, 9.17) is 0 Å². The monoisotopic (exact) mass is 251 g/mol. The van der Waals surface area contributed by atoms with Crippen molar-refractivity contribution in [3.05, 3.63) is 18.0 Å². The lowest BCUT2D eigenvalue weighted by Gasteiger charge is -2.27. The van der Waals surface area contributed by atoms with Gasteiger partial charge in [-0.1, -0.05) is 20.8 Å². The normalized spacial score (nSPS) is 15.7. The first-order valence-corrected chi connectivity index (χ1v) is 7.12. The van der Waals surface area contributed by atoms with E-state index in [0.29, 0.717) is 11.8 Å². The van der Waals surface area contributed by atoms with Gasteiger partial charge in [0.25, 0.3) is 0 Å². The van der Waals surface area contributed by atoms with Gasteiger partial charge in [0.15, 0.2) is 0 Å². The zero-order valence-electron chi connectivity index (χ0n) is 12.8. The van der Waals surface area contributed by atoms with E-state index in [1.165, 1.54) is 5.69 Å². The van der Waals surface area contributed by atoms with Crippen molar-refractivity contribution in [1.29, 1.82) is 0 Å². The van der Waals surface area contributed by atoms with Gasteiger partial charge in [0.1, 0.15) is 0 Å². The lowest BCUT2D eigenvalue weighted by atomic mass is 9.92. The third-order valence-corrected chi connectivity index (χ3v) is 3.46. The van der Waals surface area contributed by atoms with Crippen molar-refractivity contribution in [1.82, 2.24) is 15.1 Å². The second-order valence-electron chi connectivity index (χ2n) is 6.38. The van der Waals surface area contributed by atoms with Crippen molar-refractivity contribution in [3.8, 4) is 0 Å². The highest BCUT2D eigenvalue weighted by atomic mass is 15.3. The van der Waals surface area contributed by atoms with E-state index >= 15 is 0 Å². The molecule has 0 aliphatic carbocycles. The van der Waals surface area contributed by atoms with Crippen LogP contribution in [0, 0.1) is 5.92 Å². The van der Waals surface area contributed by atoms with Crippen LogP contribution in [0.15, 0.2) is 12.3 Å². The van der Waals surface area contributed by atoms with Gasteiger partial charge in [0.2, 0.25) is 0 Å². The standard InChI is InChI=1S/C15H29N3/c1-7-10-18-14(8-9-17-18)13(3)12(2)11-16-15(4,5)6/h8-9,12-13,16H,7,10-11H2,1-6H3. The summed E-state index contributed by atoms with van der Waals surface area (Å²) < 4.78 is 2.15. The molecule has 0 amide bonds. The van der Waals surface area contributed by atoms with Crippen LogP contribution in [0.2, 0.25) is 0 Å². The number of rotatable bonds is 6. The van der Waals surface area contributed by atoms with E-state index in [1.54, 1.807) is 0 Å². The van der Waals surface area contributed by atoms with Gasteiger partial charge in [-0.05, 0) is 45.7 Å². The second-order valence-corrected chi connectivity index (χ2v) is 6.38. The van der Waals surface area contributed by atoms with E-state index in [9.17, 15) is 0 Å². The van der Waals surface area contributed by atoms with Crippen molar-refractivity contribution in [2.75, 3.05) is 6.54 Å². The first kappa shape index (κ1) is 15.2. The molecule has 2 atom stereocenters. The van der Waals surface area contributed by atoms with Gasteiger partial charge in [-0.15, -0.1) is 0 Å². The molecule has 2 unspecified atom stereocenters. The van der Waals surface area contributed by atoms with Crippen LogP contribution in [0.1, 0.15) is 59.6 Å². The topological polar surface area (TPSA) is 29.9 Å². The van der Waals surface area contributed by atoms with Gasteiger partial charge < -0.3 is 5.32 Å². The largest absolute Gasteiger partial charge is 0.312 e. The molecular formula is C15H29N3. The van der Waals surface area contributed by atoms with Crippen LogP contribution >= 0.6 is 0 Å². The Labute approximate surface area is 112 Å². The fourth-order valence-corrected chi connectivity index (χ4v) is 2.06. The molecule has 1 heterocycles. The maximum absolute atomic E-state index is 4.41. The molecule has 3 nitrogen and oxygen atoms in total. The van der Waals surface area contributed by atoms with Gasteiger partial charge in [0, 0.05) is 29.9 Å². The Kier molecular flexibility index (Phi) is 5.39. The number of hydrogen-bond donors (Lipinski definition) is 1. The fraction of sp³-hybridized carbons (Fsp3) is 0.800. The minimum Gasteiger partial charge on any atom is -0.312 e. The minimum atomic E-state index is 0.192. The fourth-order valence-electron chi connectivity index (χ4n) is 2.06. The van der Waals surface area contributed by atoms with Gasteiger partial charge in [0.05, 0.1) is 0 Å². The smallest absolute Gasteiger partial charge is 0.0492 e. The van der Waals surface area contributed by atoms with Crippen LogP contribution in [0.5, 0.6) is 0 Å². The lowest BCUT2D eigenvalue weighted by molar-refractivity contribution is 0.350. The Hall–Kier alpha value is -0.830. The van der Waals surface area contributed by atoms with Crippen molar-refractivity contribution in [2.45, 2.75) is 66.0 Å². The number of nitrogens with zero attached hydrogens (tertiary/aromatic N) is 2. The zero-order chi connectivity index (χ0) is 13.8. The summed E-state index contributed by atoms with van der Waals surface area (Å²) in [6.45, 7) is 15.5. The van der Waals surface area contributed by atoms with Crippen LogP contribution in [-0.2, 0) is 6.54 Å². The summed E-state index contributed by atoms with van der Waals surface area (Å²) >= 11 is 0. The highest BCUT2D eigenvalue weighted by molar-refractivity contribution is 5.08. The number of nitrogens with one attached hydrogen (secondary N) is 1. The van der Waals surface area contributed by atoms with E-state index in [1.807, 2.05) is 6.20 Å². The van der Waals surface area contributed by atoms with Crippen LogP contribution < -0.4 is 5.32 Å². The van der Waals surface area contributed by atoms with E-state index in [-0.39, 0.29) is 5.54 Å². The summed E-state index contributed by atoms with van der Waals surface area (Å²) in [5.41, 5.74) is 1.55. The average Bonchev–Trinajstić information content (AvgIpc) is 2.72. The summed E-state index contributed by atoms with van der Waals surface area (Å²) in [6.07, 6.45) is 3.06.